The molecule has 0 heterocycles. The topological polar surface area (TPSA) is 122 Å². The number of carbonyl (C=O) groups is 2. The number of aliphatic hydroxyl groups excluding tert-OH is 1. The highest BCUT2D eigenvalue weighted by Crippen LogP contribution is 2.12. The fraction of sp³-hybridized carbons (Fsp3) is 0.333. The number of hydrogen-bond acceptors (Lipinski definition) is 7. The molecule has 0 amide bonds. The molecule has 0 bridgehead atoms. The van der Waals surface area contributed by atoms with Crippen molar-refractivity contribution in [3.63, 3.8) is 0 Å². The van der Waals surface area contributed by atoms with Crippen molar-refractivity contribution >= 4 is 12.4 Å². The van der Waals surface area contributed by atoms with Crippen molar-refractivity contribution in [3.8, 4) is 5.75 Å². The molecule has 8 heteroatoms. The van der Waals surface area contributed by atoms with Crippen LogP contribution in [-0.4, -0.2) is 54.0 Å². The van der Waals surface area contributed by atoms with Crippen molar-refractivity contribution in [2.75, 3.05) is 20.2 Å². The lowest BCUT2D eigenvalue weighted by Gasteiger charge is -2.16. The van der Waals surface area contributed by atoms with Crippen molar-refractivity contribution in [2.45, 2.75) is 13.0 Å². The highest BCUT2D eigenvalue weighted by Gasteiger charge is 2.06. The van der Waals surface area contributed by atoms with Gasteiger partial charge in [-0.3, -0.25) is 10.6 Å². The summed E-state index contributed by atoms with van der Waals surface area (Å²) in [6, 6.07) is 7.72. The Morgan fingerprint density at radius 1 is 1.48 bits per heavy atom. The molecule has 1 rings (SSSR count). The van der Waals surface area contributed by atoms with E-state index in [1.54, 1.807) is 7.05 Å². The molecule has 0 radical (unpaired) electrons. The Morgan fingerprint density at radius 2 is 2.17 bits per heavy atom. The number of hydrazine groups is 1. The number of carbonyl (C=O) groups excluding carboxylic acids is 1. The smallest absolute Gasteiger partial charge is 0.331 e. The molecule has 1 aromatic rings. The average Bonchev–Trinajstić information content (AvgIpc) is 2.45. The Balaban J connectivity index is 0.000000515. The van der Waals surface area contributed by atoms with Gasteiger partial charge in [0.2, 0.25) is 0 Å². The predicted molar refractivity (Wildman–Crippen MR) is 83.4 cm³/mol. The van der Waals surface area contributed by atoms with Gasteiger partial charge in [0.1, 0.15) is 24.7 Å². The first-order valence-corrected chi connectivity index (χ1v) is 6.67. The van der Waals surface area contributed by atoms with E-state index >= 15 is 0 Å². The molecule has 0 spiro atoms. The van der Waals surface area contributed by atoms with E-state index in [4.69, 9.17) is 15.7 Å². The number of rotatable bonds is 8. The summed E-state index contributed by atoms with van der Waals surface area (Å²) in [5.41, 5.74) is 1.14. The van der Waals surface area contributed by atoms with Crippen molar-refractivity contribution in [1.82, 2.24) is 5.01 Å². The monoisotopic (exact) mass is 326 g/mol. The molecular weight excluding hydrogens is 304 g/mol. The molecular formula is C15H22N2O6. The van der Waals surface area contributed by atoms with Crippen molar-refractivity contribution in [3.05, 3.63) is 42.2 Å². The van der Waals surface area contributed by atoms with E-state index < -0.39 is 12.1 Å². The minimum absolute atomic E-state index is 0.138. The molecule has 1 unspecified atom stereocenters. The zero-order chi connectivity index (χ0) is 17.7. The summed E-state index contributed by atoms with van der Waals surface area (Å²) in [6.45, 7) is 2.78. The Hall–Kier alpha value is -2.42. The molecule has 0 saturated carbocycles. The highest BCUT2D eigenvalue weighted by molar-refractivity contribution is 5.79. The van der Waals surface area contributed by atoms with E-state index in [1.165, 1.54) is 5.01 Å². The first kappa shape index (κ1) is 20.6. The van der Waals surface area contributed by atoms with Crippen molar-refractivity contribution in [2.24, 2.45) is 5.84 Å². The summed E-state index contributed by atoms with van der Waals surface area (Å²) in [6.07, 6.45) is 0.935. The van der Waals surface area contributed by atoms with Gasteiger partial charge >= 0.3 is 5.97 Å². The van der Waals surface area contributed by atoms with Gasteiger partial charge in [0.25, 0.3) is 6.47 Å². The maximum Gasteiger partial charge on any atom is 0.331 e. The molecule has 128 valence electrons. The molecule has 0 fully saturated rings. The van der Waals surface area contributed by atoms with Gasteiger partial charge in [-0.05, 0) is 24.6 Å². The third kappa shape index (κ3) is 13.0. The number of carboxylic acids is 1. The number of hydrogen-bond donors (Lipinski definition) is 3. The molecule has 0 aliphatic rings. The minimum atomic E-state index is -1.15. The summed E-state index contributed by atoms with van der Waals surface area (Å²) < 4.78 is 9.32. The molecule has 23 heavy (non-hydrogen) atoms. The zero-order valence-corrected chi connectivity index (χ0v) is 13.1. The minimum Gasteiger partial charge on any atom is -0.491 e. The van der Waals surface area contributed by atoms with Crippen molar-refractivity contribution < 1.29 is 29.3 Å². The van der Waals surface area contributed by atoms with E-state index in [2.05, 4.69) is 4.74 Å². The molecule has 0 aromatic heterocycles. The number of ether oxygens (including phenoxy) is 2. The Kier molecular flexibility index (Phi) is 10.9. The quantitative estimate of drug-likeness (QED) is 0.205. The van der Waals surface area contributed by atoms with Crippen LogP contribution in [0.5, 0.6) is 5.75 Å². The van der Waals surface area contributed by atoms with Crippen LogP contribution in [0.1, 0.15) is 5.56 Å². The van der Waals surface area contributed by atoms with E-state index in [0.29, 0.717) is 12.6 Å². The highest BCUT2D eigenvalue weighted by atomic mass is 16.5. The number of benzene rings is 1. The summed E-state index contributed by atoms with van der Waals surface area (Å²) in [5.74, 6) is 5.03. The molecule has 0 aliphatic carbocycles. The third-order valence-electron chi connectivity index (χ3n) is 2.28. The van der Waals surface area contributed by atoms with Crippen LogP contribution in [0.15, 0.2) is 36.6 Å². The lowest BCUT2D eigenvalue weighted by atomic mass is 10.2. The summed E-state index contributed by atoms with van der Waals surface area (Å²) >= 11 is 0. The van der Waals surface area contributed by atoms with E-state index in [0.717, 1.165) is 17.6 Å². The van der Waals surface area contributed by atoms with Gasteiger partial charge in [-0.2, -0.15) is 0 Å². The van der Waals surface area contributed by atoms with Crippen LogP contribution in [0.4, 0.5) is 0 Å². The van der Waals surface area contributed by atoms with Gasteiger partial charge in [0, 0.05) is 13.6 Å². The number of carboxylic acid groups (broad SMARTS) is 1. The second-order valence-electron chi connectivity index (χ2n) is 4.59. The van der Waals surface area contributed by atoms with Crippen LogP contribution in [-0.2, 0) is 14.3 Å². The molecule has 0 aliphatic heterocycles. The van der Waals surface area contributed by atoms with Crippen LogP contribution in [0.2, 0.25) is 0 Å². The van der Waals surface area contributed by atoms with Crippen LogP contribution >= 0.6 is 0 Å². The van der Waals surface area contributed by atoms with Crippen LogP contribution in [0, 0.1) is 6.92 Å². The van der Waals surface area contributed by atoms with E-state index in [-0.39, 0.29) is 13.1 Å². The Labute approximate surface area is 134 Å². The van der Waals surface area contributed by atoms with Crippen LogP contribution < -0.4 is 10.6 Å². The number of aryl methyl sites for hydroxylation is 1. The second kappa shape index (κ2) is 12.2. The second-order valence-corrected chi connectivity index (χ2v) is 4.59. The van der Waals surface area contributed by atoms with Gasteiger partial charge in [0.15, 0.2) is 0 Å². The predicted octanol–water partition coefficient (Wildman–Crippen LogP) is 0.298. The van der Waals surface area contributed by atoms with E-state index in [9.17, 15) is 14.7 Å². The van der Waals surface area contributed by atoms with Crippen molar-refractivity contribution in [1.29, 1.82) is 0 Å². The normalized spacial score (nSPS) is 11.5. The first-order valence-electron chi connectivity index (χ1n) is 6.67. The summed E-state index contributed by atoms with van der Waals surface area (Å²) in [7, 11) is 1.70. The van der Waals surface area contributed by atoms with E-state index in [1.807, 2.05) is 31.2 Å². The number of aliphatic hydroxyl groups is 1. The zero-order valence-electron chi connectivity index (χ0n) is 13.1. The van der Waals surface area contributed by atoms with Gasteiger partial charge in [-0.25, -0.2) is 9.80 Å². The SMILES string of the molecule is Cc1cccc(OCC(O)CN(C)N)c1.O=CO/C=C/C(=O)O. The third-order valence-corrected chi connectivity index (χ3v) is 2.28. The Bertz CT molecular complexity index is 504. The van der Waals surface area contributed by atoms with Crippen LogP contribution in [0.3, 0.4) is 0 Å². The molecule has 0 saturated heterocycles. The van der Waals surface area contributed by atoms with Gasteiger partial charge in [0.05, 0.1) is 6.08 Å². The van der Waals surface area contributed by atoms with Crippen LogP contribution in [0.25, 0.3) is 0 Å². The number of aliphatic carboxylic acids is 1. The first-order chi connectivity index (χ1) is 10.8. The van der Waals surface area contributed by atoms with Gasteiger partial charge < -0.3 is 19.7 Å². The maximum absolute atomic E-state index is 9.59. The van der Waals surface area contributed by atoms with Gasteiger partial charge in [-0.1, -0.05) is 12.1 Å². The summed E-state index contributed by atoms with van der Waals surface area (Å²) in [5, 5.41) is 18.8. The molecule has 8 nitrogen and oxygen atoms in total. The number of nitrogens with zero attached hydrogens (tertiary/aromatic N) is 1. The summed E-state index contributed by atoms with van der Waals surface area (Å²) in [4.78, 5) is 18.9. The number of nitrogens with two attached hydrogens (primary N) is 1. The largest absolute Gasteiger partial charge is 0.491 e. The average molecular weight is 326 g/mol. The Morgan fingerprint density at radius 3 is 2.70 bits per heavy atom. The lowest BCUT2D eigenvalue weighted by Crippen LogP contribution is -2.37. The lowest BCUT2D eigenvalue weighted by molar-refractivity contribution is -0.131. The van der Waals surface area contributed by atoms with Gasteiger partial charge in [-0.15, -0.1) is 0 Å². The maximum atomic E-state index is 9.59. The fourth-order valence-electron chi connectivity index (χ4n) is 1.41. The molecule has 1 atom stereocenters. The fourth-order valence-corrected chi connectivity index (χ4v) is 1.41. The standard InChI is InChI=1S/C11H18N2O2.C4H4O4/c1-9-4-3-5-11(6-9)15-8-10(14)7-13(2)12;5-3-8-2-1-4(6)7/h3-6,10,14H,7-8,12H2,1-2H3;1-3H,(H,6,7)/b;2-1+. The molecule has 4 N–H and O–H groups in total. The molecule has 1 aromatic carbocycles. The number of likely N-dealkylation sites (N-methyl/N-ethyl adjacent to an activating group) is 1.